The molecule has 2 fully saturated rings. The SMILES string of the molecule is C=C1[C@@H](OC(=O)/C=C/c2ccccc2)CC[C@@]2(C)[C@@H](OC(=O)/C=C/c3ccccc3)[C@H](OC(=O)/C=C/c3ccccc3)C3=C(C)C(=O)C[C@@H]([C@@H](OC(C)=O)[C@H]12)C3(C)C. The van der Waals surface area contributed by atoms with Crippen LogP contribution in [-0.4, -0.2) is 54.1 Å². The number of carbonyl (C=O) groups is 5. The highest BCUT2D eigenvalue weighted by atomic mass is 16.6. The average Bonchev–Trinajstić information content (AvgIpc) is 3.20. The van der Waals surface area contributed by atoms with E-state index in [9.17, 15) is 24.0 Å². The van der Waals surface area contributed by atoms with Gasteiger partial charge in [-0.05, 0) is 76.8 Å². The fourth-order valence-electron chi connectivity index (χ4n) is 9.08. The molecule has 0 N–H and O–H groups in total. The van der Waals surface area contributed by atoms with Crippen LogP contribution in [0.1, 0.15) is 70.6 Å². The molecule has 3 aliphatic rings. The fraction of sp³-hybridized carbons (Fsp3) is 0.327. The lowest BCUT2D eigenvalue weighted by atomic mass is 9.49. The summed E-state index contributed by atoms with van der Waals surface area (Å²) in [6.45, 7) is 13.2. The quantitative estimate of drug-likeness (QED) is 0.0861. The number of allylic oxidation sites excluding steroid dienone is 1. The molecule has 300 valence electrons. The zero-order valence-electron chi connectivity index (χ0n) is 33.6. The fourth-order valence-corrected chi connectivity index (χ4v) is 9.08. The van der Waals surface area contributed by atoms with Gasteiger partial charge in [0.15, 0.2) is 11.9 Å². The van der Waals surface area contributed by atoms with Crippen LogP contribution < -0.4 is 0 Å². The van der Waals surface area contributed by atoms with E-state index in [1.54, 1.807) is 25.2 Å². The smallest absolute Gasteiger partial charge is 0.331 e. The van der Waals surface area contributed by atoms with Crippen molar-refractivity contribution in [1.29, 1.82) is 0 Å². The van der Waals surface area contributed by atoms with Gasteiger partial charge in [0.25, 0.3) is 0 Å². The lowest BCUT2D eigenvalue weighted by molar-refractivity contribution is -0.200. The van der Waals surface area contributed by atoms with Crippen LogP contribution in [0.15, 0.2) is 133 Å². The summed E-state index contributed by atoms with van der Waals surface area (Å²) in [6.07, 6.45) is 5.23. The van der Waals surface area contributed by atoms with E-state index in [1.165, 1.54) is 25.2 Å². The van der Waals surface area contributed by atoms with E-state index in [0.29, 0.717) is 16.7 Å². The predicted octanol–water partition coefficient (Wildman–Crippen LogP) is 8.71. The van der Waals surface area contributed by atoms with E-state index in [2.05, 4.69) is 6.58 Å². The summed E-state index contributed by atoms with van der Waals surface area (Å²) >= 11 is 0. The van der Waals surface area contributed by atoms with Gasteiger partial charge < -0.3 is 18.9 Å². The molecule has 0 spiro atoms. The highest BCUT2D eigenvalue weighted by Crippen LogP contribution is 2.60. The van der Waals surface area contributed by atoms with Crippen molar-refractivity contribution in [3.8, 4) is 0 Å². The molecule has 3 aliphatic carbocycles. The van der Waals surface area contributed by atoms with Crippen molar-refractivity contribution in [2.75, 3.05) is 0 Å². The first-order valence-corrected chi connectivity index (χ1v) is 19.6. The molecular formula is C49H50O9. The highest BCUT2D eigenvalue weighted by Gasteiger charge is 2.64. The zero-order valence-corrected chi connectivity index (χ0v) is 33.6. The molecule has 3 aromatic carbocycles. The number of ketones is 1. The second kappa shape index (κ2) is 17.6. The number of Topliss-reactive ketones (excluding diaryl/α,β-unsaturated/α-hetero) is 1. The van der Waals surface area contributed by atoms with Gasteiger partial charge in [-0.3, -0.25) is 9.59 Å². The maximum absolute atomic E-state index is 14.1. The molecule has 0 amide bonds. The number of carbonyl (C=O) groups excluding carboxylic acids is 5. The van der Waals surface area contributed by atoms with E-state index in [-0.39, 0.29) is 25.0 Å². The Bertz CT molecular complexity index is 2160. The Kier molecular flexibility index (Phi) is 12.6. The molecule has 0 aromatic heterocycles. The molecule has 6 rings (SSSR count). The summed E-state index contributed by atoms with van der Waals surface area (Å²) in [6, 6.07) is 27.8. The largest absolute Gasteiger partial charge is 0.462 e. The standard InChI is InChI=1S/C49H50O9/c1-31-38(51)30-37-45(55-33(3)50)44-32(2)39(56-40(52)25-22-34-16-10-7-11-17-34)28-29-49(44,6)47(58-42(54)27-24-36-20-14-9-15-21-36)46(43(31)48(37,4)5)57-41(53)26-23-35-18-12-8-13-19-35/h7-27,37,39,44-47H,2,28-30H2,1,3-6H3/b25-22+,26-23+,27-24+/t37-,39-,44-,45+,46+,47-,49+/m0/s1. The van der Waals surface area contributed by atoms with Crippen molar-refractivity contribution >= 4 is 47.9 Å². The molecule has 0 aliphatic heterocycles. The second-order valence-corrected chi connectivity index (χ2v) is 16.0. The van der Waals surface area contributed by atoms with Crippen LogP contribution in [0, 0.1) is 22.7 Å². The minimum Gasteiger partial charge on any atom is -0.462 e. The Hall–Kier alpha value is -6.09. The van der Waals surface area contributed by atoms with Crippen LogP contribution in [-0.2, 0) is 42.9 Å². The van der Waals surface area contributed by atoms with Crippen LogP contribution in [0.4, 0.5) is 0 Å². The molecule has 3 aromatic rings. The van der Waals surface area contributed by atoms with E-state index in [1.807, 2.05) is 112 Å². The first-order valence-electron chi connectivity index (χ1n) is 19.6. The molecule has 7 atom stereocenters. The summed E-state index contributed by atoms with van der Waals surface area (Å²) in [5.41, 5.74) is 1.60. The molecule has 9 heteroatoms. The third kappa shape index (κ3) is 9.04. The molecule has 0 radical (unpaired) electrons. The summed E-state index contributed by atoms with van der Waals surface area (Å²) in [5.74, 6) is -4.24. The maximum atomic E-state index is 14.1. The summed E-state index contributed by atoms with van der Waals surface area (Å²) in [5, 5.41) is 0. The van der Waals surface area contributed by atoms with E-state index >= 15 is 0 Å². The van der Waals surface area contributed by atoms with Crippen LogP contribution in [0.2, 0.25) is 0 Å². The number of hydrogen-bond donors (Lipinski definition) is 0. The van der Waals surface area contributed by atoms with Gasteiger partial charge in [-0.25, -0.2) is 14.4 Å². The lowest BCUT2D eigenvalue weighted by Crippen LogP contribution is -2.64. The first-order chi connectivity index (χ1) is 27.7. The van der Waals surface area contributed by atoms with Crippen LogP contribution in [0.5, 0.6) is 0 Å². The number of rotatable bonds is 10. The molecule has 0 heterocycles. The van der Waals surface area contributed by atoms with Crippen molar-refractivity contribution in [1.82, 2.24) is 0 Å². The van der Waals surface area contributed by atoms with Gasteiger partial charge in [0.1, 0.15) is 18.3 Å². The lowest BCUT2D eigenvalue weighted by Gasteiger charge is -2.59. The van der Waals surface area contributed by atoms with Gasteiger partial charge in [-0.15, -0.1) is 0 Å². The molecule has 9 nitrogen and oxygen atoms in total. The molecule has 0 unspecified atom stereocenters. The van der Waals surface area contributed by atoms with Gasteiger partial charge >= 0.3 is 23.9 Å². The van der Waals surface area contributed by atoms with Gasteiger partial charge in [-0.1, -0.05) is 118 Å². The van der Waals surface area contributed by atoms with Crippen LogP contribution >= 0.6 is 0 Å². The van der Waals surface area contributed by atoms with Crippen LogP contribution in [0.25, 0.3) is 18.2 Å². The maximum Gasteiger partial charge on any atom is 0.331 e. The Labute approximate surface area is 340 Å². The number of esters is 4. The van der Waals surface area contributed by atoms with Crippen LogP contribution in [0.3, 0.4) is 0 Å². The van der Waals surface area contributed by atoms with E-state index < -0.39 is 71.0 Å². The van der Waals surface area contributed by atoms with Gasteiger partial charge in [-0.2, -0.15) is 0 Å². The Morgan fingerprint density at radius 1 is 0.690 bits per heavy atom. The summed E-state index contributed by atoms with van der Waals surface area (Å²) in [7, 11) is 0. The topological polar surface area (TPSA) is 122 Å². The molecular weight excluding hydrogens is 733 g/mol. The second-order valence-electron chi connectivity index (χ2n) is 16.0. The first kappa shape index (κ1) is 41.5. The van der Waals surface area contributed by atoms with Crippen molar-refractivity contribution < 1.29 is 42.9 Å². The summed E-state index contributed by atoms with van der Waals surface area (Å²) in [4.78, 5) is 68.4. The van der Waals surface area contributed by atoms with Crippen molar-refractivity contribution in [2.45, 2.75) is 78.3 Å². The highest BCUT2D eigenvalue weighted by molar-refractivity contribution is 5.98. The number of fused-ring (bicyclic) bond motifs is 3. The average molecular weight is 783 g/mol. The number of benzene rings is 3. The minimum absolute atomic E-state index is 0.0310. The van der Waals surface area contributed by atoms with E-state index in [4.69, 9.17) is 18.9 Å². The van der Waals surface area contributed by atoms with Crippen molar-refractivity contribution in [3.05, 3.63) is 149 Å². The zero-order chi connectivity index (χ0) is 41.6. The molecule has 0 saturated heterocycles. The Morgan fingerprint density at radius 3 is 1.64 bits per heavy atom. The Balaban J connectivity index is 1.47. The summed E-state index contributed by atoms with van der Waals surface area (Å²) < 4.78 is 25.2. The van der Waals surface area contributed by atoms with Gasteiger partial charge in [0, 0.05) is 48.8 Å². The minimum atomic E-state index is -1.24. The van der Waals surface area contributed by atoms with Gasteiger partial charge in [0.05, 0.1) is 0 Å². The monoisotopic (exact) mass is 782 g/mol. The molecule has 58 heavy (non-hydrogen) atoms. The van der Waals surface area contributed by atoms with E-state index in [0.717, 1.165) is 16.7 Å². The van der Waals surface area contributed by atoms with Crippen molar-refractivity contribution in [2.24, 2.45) is 22.7 Å². The molecule has 2 bridgehead atoms. The normalized spacial score (nSPS) is 26.8. The third-order valence-electron chi connectivity index (χ3n) is 11.9. The van der Waals surface area contributed by atoms with Gasteiger partial charge in [0.2, 0.25) is 0 Å². The number of ether oxygens (including phenoxy) is 4. The van der Waals surface area contributed by atoms with Crippen molar-refractivity contribution in [3.63, 3.8) is 0 Å². The Morgan fingerprint density at radius 2 is 1.16 bits per heavy atom. The number of hydrogen-bond acceptors (Lipinski definition) is 9. The third-order valence-corrected chi connectivity index (χ3v) is 11.9. The molecule has 2 saturated carbocycles. The predicted molar refractivity (Wildman–Crippen MR) is 221 cm³/mol.